The molecule has 2 saturated heterocycles. The van der Waals surface area contributed by atoms with Gasteiger partial charge in [-0.2, -0.15) is 5.26 Å². The van der Waals surface area contributed by atoms with Crippen LogP contribution >= 0.6 is 0 Å². The monoisotopic (exact) mass is 152 g/mol. The van der Waals surface area contributed by atoms with Gasteiger partial charge in [0, 0.05) is 19.0 Å². The Morgan fingerprint density at radius 3 is 3.09 bits per heavy atom. The predicted molar refractivity (Wildman–Crippen MR) is 39.7 cm³/mol. The maximum absolute atomic E-state index is 9.77. The highest BCUT2D eigenvalue weighted by Crippen LogP contribution is 2.34. The summed E-state index contributed by atoms with van der Waals surface area (Å²) in [5.74, 6) is 0.209. The van der Waals surface area contributed by atoms with Crippen molar-refractivity contribution in [1.29, 1.82) is 5.26 Å². The number of aliphatic hydroxyl groups is 1. The number of nitriles is 1. The zero-order chi connectivity index (χ0) is 7.90. The number of hydrogen-bond acceptors (Lipinski definition) is 3. The van der Waals surface area contributed by atoms with Gasteiger partial charge in [-0.25, -0.2) is 0 Å². The molecule has 2 heterocycles. The van der Waals surface area contributed by atoms with Gasteiger partial charge in [-0.3, -0.25) is 4.90 Å². The first-order valence-corrected chi connectivity index (χ1v) is 4.10. The predicted octanol–water partition coefficient (Wildman–Crippen LogP) is -0.0333. The molecular weight excluding hydrogens is 140 g/mol. The molecule has 0 spiro atoms. The van der Waals surface area contributed by atoms with Gasteiger partial charge >= 0.3 is 0 Å². The Hall–Kier alpha value is -0.590. The van der Waals surface area contributed by atoms with Crippen molar-refractivity contribution >= 4 is 0 Å². The first-order chi connectivity index (χ1) is 5.24. The topological polar surface area (TPSA) is 47.3 Å². The zero-order valence-corrected chi connectivity index (χ0v) is 6.45. The van der Waals surface area contributed by atoms with Crippen molar-refractivity contribution in [3.8, 4) is 6.07 Å². The van der Waals surface area contributed by atoms with Crippen LogP contribution in [0.25, 0.3) is 0 Å². The Morgan fingerprint density at radius 2 is 2.45 bits per heavy atom. The third-order valence-electron chi connectivity index (χ3n) is 2.84. The fourth-order valence-electron chi connectivity index (χ4n) is 2.19. The van der Waals surface area contributed by atoms with Crippen molar-refractivity contribution < 1.29 is 5.11 Å². The number of rotatable bonds is 0. The molecule has 0 radical (unpaired) electrons. The first kappa shape index (κ1) is 7.08. The Labute approximate surface area is 66.2 Å². The van der Waals surface area contributed by atoms with E-state index < -0.39 is 5.60 Å². The van der Waals surface area contributed by atoms with E-state index >= 15 is 0 Å². The maximum Gasteiger partial charge on any atom is 0.167 e. The van der Waals surface area contributed by atoms with Gasteiger partial charge in [0.05, 0.1) is 6.07 Å². The Balaban J connectivity index is 2.22. The van der Waals surface area contributed by atoms with E-state index in [1.807, 2.05) is 6.07 Å². The van der Waals surface area contributed by atoms with E-state index in [0.29, 0.717) is 6.54 Å². The molecule has 2 aliphatic heterocycles. The minimum absolute atomic E-state index is 0.209. The van der Waals surface area contributed by atoms with Gasteiger partial charge in [-0.15, -0.1) is 0 Å². The van der Waals surface area contributed by atoms with E-state index in [1.54, 1.807) is 0 Å². The Morgan fingerprint density at radius 1 is 1.64 bits per heavy atom. The van der Waals surface area contributed by atoms with Crippen LogP contribution in [0.1, 0.15) is 12.8 Å². The van der Waals surface area contributed by atoms with Crippen LogP contribution < -0.4 is 0 Å². The van der Waals surface area contributed by atoms with E-state index in [1.165, 1.54) is 0 Å². The Kier molecular flexibility index (Phi) is 1.41. The van der Waals surface area contributed by atoms with Gasteiger partial charge in [-0.05, 0) is 19.4 Å². The van der Waals surface area contributed by atoms with Crippen LogP contribution in [0.5, 0.6) is 0 Å². The normalized spacial score (nSPS) is 48.7. The largest absolute Gasteiger partial charge is 0.374 e. The quantitative estimate of drug-likeness (QED) is 0.496. The molecule has 3 heteroatoms. The summed E-state index contributed by atoms with van der Waals surface area (Å²) >= 11 is 0. The van der Waals surface area contributed by atoms with Crippen molar-refractivity contribution in [1.82, 2.24) is 4.90 Å². The van der Waals surface area contributed by atoms with Crippen LogP contribution in [-0.4, -0.2) is 35.2 Å². The standard InChI is InChI=1S/C8H12N2O/c9-5-8(11)6-10-3-1-2-7(8)4-10/h7,11H,1-4,6H2/t7-,8+/m0/s1. The molecule has 1 unspecified atom stereocenters. The van der Waals surface area contributed by atoms with Gasteiger partial charge in [-0.1, -0.05) is 0 Å². The summed E-state index contributed by atoms with van der Waals surface area (Å²) in [5.41, 5.74) is -1.03. The van der Waals surface area contributed by atoms with Gasteiger partial charge in [0.15, 0.2) is 5.60 Å². The molecule has 0 aromatic heterocycles. The minimum Gasteiger partial charge on any atom is -0.374 e. The van der Waals surface area contributed by atoms with Gasteiger partial charge in [0.1, 0.15) is 0 Å². The summed E-state index contributed by atoms with van der Waals surface area (Å²) in [6.07, 6.45) is 2.15. The average molecular weight is 152 g/mol. The Bertz CT molecular complexity index is 211. The van der Waals surface area contributed by atoms with Crippen molar-refractivity contribution in [2.45, 2.75) is 18.4 Å². The molecule has 0 amide bonds. The highest BCUT2D eigenvalue weighted by atomic mass is 16.3. The second-order valence-electron chi connectivity index (χ2n) is 3.61. The fourth-order valence-corrected chi connectivity index (χ4v) is 2.19. The van der Waals surface area contributed by atoms with Crippen molar-refractivity contribution in [2.24, 2.45) is 5.92 Å². The first-order valence-electron chi connectivity index (χ1n) is 4.10. The summed E-state index contributed by atoms with van der Waals surface area (Å²) in [6, 6.07) is 2.03. The van der Waals surface area contributed by atoms with Crippen LogP contribution in [0.4, 0.5) is 0 Å². The molecule has 2 fully saturated rings. The van der Waals surface area contributed by atoms with Crippen LogP contribution in [0.3, 0.4) is 0 Å². The van der Waals surface area contributed by atoms with Crippen LogP contribution in [-0.2, 0) is 0 Å². The minimum atomic E-state index is -1.03. The van der Waals surface area contributed by atoms with E-state index in [4.69, 9.17) is 5.26 Å². The number of hydrogen-bond donors (Lipinski definition) is 1. The summed E-state index contributed by atoms with van der Waals surface area (Å²) in [5, 5.41) is 18.5. The van der Waals surface area contributed by atoms with Crippen LogP contribution in [0, 0.1) is 17.2 Å². The fraction of sp³-hybridized carbons (Fsp3) is 0.875. The van der Waals surface area contributed by atoms with Gasteiger partial charge in [0.25, 0.3) is 0 Å². The lowest BCUT2D eigenvalue weighted by atomic mass is 9.88. The number of nitrogens with zero attached hydrogens (tertiary/aromatic N) is 2. The molecule has 2 aliphatic rings. The molecule has 3 nitrogen and oxygen atoms in total. The second kappa shape index (κ2) is 2.20. The molecule has 0 saturated carbocycles. The highest BCUT2D eigenvalue weighted by Gasteiger charge is 2.47. The lowest BCUT2D eigenvalue weighted by Crippen LogP contribution is -2.34. The molecule has 3 atom stereocenters. The molecule has 1 N–H and O–H groups in total. The molecule has 0 aliphatic carbocycles. The summed E-state index contributed by atoms with van der Waals surface area (Å²) < 4.78 is 0. The molecule has 11 heavy (non-hydrogen) atoms. The van der Waals surface area contributed by atoms with Crippen LogP contribution in [0.15, 0.2) is 0 Å². The van der Waals surface area contributed by atoms with Crippen molar-refractivity contribution in [3.63, 3.8) is 0 Å². The number of piperidine rings is 1. The third kappa shape index (κ3) is 0.943. The lowest BCUT2D eigenvalue weighted by molar-refractivity contribution is 0.0711. The average Bonchev–Trinajstić information content (AvgIpc) is 2.25. The lowest BCUT2D eigenvalue weighted by Gasteiger charge is -2.22. The molecular formula is C8H12N2O. The smallest absolute Gasteiger partial charge is 0.167 e. The van der Waals surface area contributed by atoms with Gasteiger partial charge in [0.2, 0.25) is 0 Å². The summed E-state index contributed by atoms with van der Waals surface area (Å²) in [7, 11) is 0. The summed E-state index contributed by atoms with van der Waals surface area (Å²) in [6.45, 7) is 2.54. The zero-order valence-electron chi connectivity index (χ0n) is 6.45. The maximum atomic E-state index is 9.77. The molecule has 0 aromatic rings. The molecule has 2 bridgehead atoms. The molecule has 60 valence electrons. The molecule has 2 rings (SSSR count). The number of fused-ring (bicyclic) bond motifs is 2. The van der Waals surface area contributed by atoms with Crippen LogP contribution in [0.2, 0.25) is 0 Å². The summed E-state index contributed by atoms with van der Waals surface area (Å²) in [4.78, 5) is 2.18. The van der Waals surface area contributed by atoms with E-state index in [-0.39, 0.29) is 5.92 Å². The third-order valence-corrected chi connectivity index (χ3v) is 2.84. The van der Waals surface area contributed by atoms with E-state index in [0.717, 1.165) is 25.9 Å². The SMILES string of the molecule is N#C[C@@]1(O)CN2CCC[C@H]1C2. The van der Waals surface area contributed by atoms with Crippen molar-refractivity contribution in [2.75, 3.05) is 19.6 Å². The van der Waals surface area contributed by atoms with E-state index in [2.05, 4.69) is 4.90 Å². The highest BCUT2D eigenvalue weighted by molar-refractivity contribution is 5.12. The molecule has 0 aromatic carbocycles. The van der Waals surface area contributed by atoms with Crippen molar-refractivity contribution in [3.05, 3.63) is 0 Å². The van der Waals surface area contributed by atoms with E-state index in [9.17, 15) is 5.11 Å². The second-order valence-corrected chi connectivity index (χ2v) is 3.61. The van der Waals surface area contributed by atoms with Gasteiger partial charge < -0.3 is 5.11 Å².